The number of carbonyl (C=O) groups excluding carboxylic acids is 1. The van der Waals surface area contributed by atoms with Crippen molar-refractivity contribution in [1.82, 2.24) is 5.32 Å². The van der Waals surface area contributed by atoms with Gasteiger partial charge < -0.3 is 10.1 Å². The smallest absolute Gasteiger partial charge is 0.264 e. The van der Waals surface area contributed by atoms with Gasteiger partial charge in [0.25, 0.3) is 10.0 Å². The van der Waals surface area contributed by atoms with Crippen molar-refractivity contribution in [1.29, 1.82) is 0 Å². The van der Waals surface area contributed by atoms with Gasteiger partial charge in [0.1, 0.15) is 12.3 Å². The Kier molecular flexibility index (Phi) is 7.55. The summed E-state index contributed by atoms with van der Waals surface area (Å²) in [6.07, 6.45) is 0. The van der Waals surface area contributed by atoms with Crippen LogP contribution < -0.4 is 14.4 Å². The maximum atomic E-state index is 13.5. The molecule has 0 spiro atoms. The number of halogens is 1. The van der Waals surface area contributed by atoms with Crippen molar-refractivity contribution < 1.29 is 17.9 Å². The molecular weight excluding hydrogens is 436 g/mol. The molecule has 0 aliphatic rings. The predicted octanol–water partition coefficient (Wildman–Crippen LogP) is 4.25. The van der Waals surface area contributed by atoms with E-state index in [-0.39, 0.29) is 10.6 Å². The van der Waals surface area contributed by atoms with Crippen LogP contribution >= 0.6 is 11.6 Å². The highest BCUT2D eigenvalue weighted by Crippen LogP contribution is 2.32. The normalized spacial score (nSPS) is 11.0. The number of carbonyl (C=O) groups is 1. The van der Waals surface area contributed by atoms with Crippen molar-refractivity contribution in [2.45, 2.75) is 18.4 Å². The van der Waals surface area contributed by atoms with E-state index in [1.807, 2.05) is 30.3 Å². The van der Waals surface area contributed by atoms with E-state index in [2.05, 4.69) is 5.32 Å². The molecule has 0 unspecified atom stereocenters. The summed E-state index contributed by atoms with van der Waals surface area (Å²) >= 11 is 5.92. The Morgan fingerprint density at radius 2 is 1.61 bits per heavy atom. The average molecular weight is 459 g/mol. The van der Waals surface area contributed by atoms with Crippen molar-refractivity contribution in [2.24, 2.45) is 0 Å². The number of nitrogens with one attached hydrogen (secondary N) is 1. The van der Waals surface area contributed by atoms with Crippen LogP contribution in [0.2, 0.25) is 5.02 Å². The summed E-state index contributed by atoms with van der Waals surface area (Å²) < 4.78 is 33.6. The Balaban J connectivity index is 1.93. The number of amides is 1. The number of anilines is 1. The van der Waals surface area contributed by atoms with Gasteiger partial charge in [0.2, 0.25) is 5.91 Å². The first kappa shape index (κ1) is 22.7. The fourth-order valence-corrected chi connectivity index (χ4v) is 4.51. The highest BCUT2D eigenvalue weighted by atomic mass is 35.5. The first-order chi connectivity index (χ1) is 14.9. The van der Waals surface area contributed by atoms with Gasteiger partial charge in [0.05, 0.1) is 17.2 Å². The summed E-state index contributed by atoms with van der Waals surface area (Å²) in [6.45, 7) is 2.05. The van der Waals surface area contributed by atoms with Crippen molar-refractivity contribution >= 4 is 33.2 Å². The van der Waals surface area contributed by atoms with Crippen LogP contribution in [0.3, 0.4) is 0 Å². The lowest BCUT2D eigenvalue weighted by atomic mass is 10.2. The summed E-state index contributed by atoms with van der Waals surface area (Å²) in [5.74, 6) is -0.0638. The molecule has 0 saturated heterocycles. The largest absolute Gasteiger partial charge is 0.492 e. The third kappa shape index (κ3) is 5.77. The molecule has 1 amide bonds. The number of benzene rings is 3. The minimum atomic E-state index is -4.06. The Morgan fingerprint density at radius 1 is 0.968 bits per heavy atom. The summed E-state index contributed by atoms with van der Waals surface area (Å²) in [5, 5.41) is 3.19. The third-order valence-electron chi connectivity index (χ3n) is 4.46. The zero-order valence-electron chi connectivity index (χ0n) is 17.0. The quantitative estimate of drug-likeness (QED) is 0.520. The van der Waals surface area contributed by atoms with E-state index < -0.39 is 22.5 Å². The van der Waals surface area contributed by atoms with E-state index in [1.54, 1.807) is 31.2 Å². The lowest BCUT2D eigenvalue weighted by molar-refractivity contribution is -0.119. The van der Waals surface area contributed by atoms with Crippen molar-refractivity contribution in [3.63, 3.8) is 0 Å². The monoisotopic (exact) mass is 458 g/mol. The summed E-state index contributed by atoms with van der Waals surface area (Å²) in [4.78, 5) is 12.7. The Morgan fingerprint density at radius 3 is 2.29 bits per heavy atom. The molecule has 0 bridgehead atoms. The molecular formula is C23H23ClN2O4S. The Hall–Kier alpha value is -3.03. The second-order valence-electron chi connectivity index (χ2n) is 6.63. The van der Waals surface area contributed by atoms with Crippen LogP contribution in [-0.4, -0.2) is 27.5 Å². The number of para-hydroxylation sites is 2. The van der Waals surface area contributed by atoms with Gasteiger partial charge in [0, 0.05) is 11.6 Å². The SMILES string of the molecule is CCOc1ccccc1N(CC(=O)NCc1ccccc1)S(=O)(=O)c1ccc(Cl)cc1. The summed E-state index contributed by atoms with van der Waals surface area (Å²) in [5.41, 5.74) is 1.20. The lowest BCUT2D eigenvalue weighted by Gasteiger charge is -2.26. The first-order valence-corrected chi connectivity index (χ1v) is 11.5. The molecule has 31 heavy (non-hydrogen) atoms. The van der Waals surface area contributed by atoms with E-state index in [0.717, 1.165) is 9.87 Å². The maximum Gasteiger partial charge on any atom is 0.264 e. The van der Waals surface area contributed by atoms with E-state index in [0.29, 0.717) is 23.9 Å². The highest BCUT2D eigenvalue weighted by Gasteiger charge is 2.29. The summed E-state index contributed by atoms with van der Waals surface area (Å²) in [6, 6.07) is 21.9. The standard InChI is InChI=1S/C23H23ClN2O4S/c1-2-30-22-11-7-6-10-21(22)26(31(28,29)20-14-12-19(24)13-15-20)17-23(27)25-16-18-8-4-3-5-9-18/h3-15H,2,16-17H2,1H3,(H,25,27). The van der Waals surface area contributed by atoms with Gasteiger partial charge in [-0.05, 0) is 48.9 Å². The number of nitrogens with zero attached hydrogens (tertiary/aromatic N) is 1. The minimum absolute atomic E-state index is 0.0269. The molecule has 0 aliphatic heterocycles. The third-order valence-corrected chi connectivity index (χ3v) is 6.48. The Bertz CT molecular complexity index is 1120. The fourth-order valence-electron chi connectivity index (χ4n) is 2.96. The van der Waals surface area contributed by atoms with E-state index in [1.165, 1.54) is 24.3 Å². The van der Waals surface area contributed by atoms with Gasteiger partial charge in [-0.25, -0.2) is 8.42 Å². The molecule has 162 valence electrons. The van der Waals surface area contributed by atoms with Gasteiger partial charge >= 0.3 is 0 Å². The number of hydrogen-bond acceptors (Lipinski definition) is 4. The fraction of sp³-hybridized carbons (Fsp3) is 0.174. The molecule has 3 aromatic carbocycles. The van der Waals surface area contributed by atoms with Crippen molar-refractivity contribution in [3.05, 3.63) is 89.4 Å². The molecule has 6 nitrogen and oxygen atoms in total. The van der Waals surface area contributed by atoms with Crippen molar-refractivity contribution in [2.75, 3.05) is 17.5 Å². The van der Waals surface area contributed by atoms with Crippen LogP contribution in [0.5, 0.6) is 5.75 Å². The van der Waals surface area contributed by atoms with Crippen molar-refractivity contribution in [3.8, 4) is 5.75 Å². The van der Waals surface area contributed by atoms with Crippen LogP contribution in [0, 0.1) is 0 Å². The Labute approximate surface area is 187 Å². The van der Waals surface area contributed by atoms with Crippen LogP contribution in [0.25, 0.3) is 0 Å². The molecule has 0 atom stereocenters. The van der Waals surface area contributed by atoms with Gasteiger partial charge in [-0.15, -0.1) is 0 Å². The van der Waals surface area contributed by atoms with E-state index >= 15 is 0 Å². The van der Waals surface area contributed by atoms with Gasteiger partial charge in [-0.1, -0.05) is 54.1 Å². The van der Waals surface area contributed by atoms with E-state index in [9.17, 15) is 13.2 Å². The van der Waals surface area contributed by atoms with Crippen LogP contribution in [0.15, 0.2) is 83.8 Å². The molecule has 0 saturated carbocycles. The molecule has 8 heteroatoms. The van der Waals surface area contributed by atoms with Crippen LogP contribution in [0.4, 0.5) is 5.69 Å². The second kappa shape index (κ2) is 10.3. The van der Waals surface area contributed by atoms with Crippen LogP contribution in [-0.2, 0) is 21.4 Å². The number of rotatable bonds is 9. The molecule has 0 radical (unpaired) electrons. The zero-order chi connectivity index (χ0) is 22.3. The molecule has 1 N–H and O–H groups in total. The number of hydrogen-bond donors (Lipinski definition) is 1. The van der Waals surface area contributed by atoms with E-state index in [4.69, 9.17) is 16.3 Å². The number of sulfonamides is 1. The summed E-state index contributed by atoms with van der Waals surface area (Å²) in [7, 11) is -4.06. The lowest BCUT2D eigenvalue weighted by Crippen LogP contribution is -2.40. The first-order valence-electron chi connectivity index (χ1n) is 9.72. The molecule has 0 heterocycles. The minimum Gasteiger partial charge on any atom is -0.492 e. The van der Waals surface area contributed by atoms with Gasteiger partial charge in [0.15, 0.2) is 0 Å². The topological polar surface area (TPSA) is 75.7 Å². The highest BCUT2D eigenvalue weighted by molar-refractivity contribution is 7.92. The average Bonchev–Trinajstić information content (AvgIpc) is 2.78. The van der Waals surface area contributed by atoms with Gasteiger partial charge in [-0.3, -0.25) is 9.10 Å². The van der Waals surface area contributed by atoms with Crippen LogP contribution in [0.1, 0.15) is 12.5 Å². The van der Waals surface area contributed by atoms with Gasteiger partial charge in [-0.2, -0.15) is 0 Å². The number of ether oxygens (including phenoxy) is 1. The maximum absolute atomic E-state index is 13.5. The molecule has 0 fully saturated rings. The second-order valence-corrected chi connectivity index (χ2v) is 8.93. The molecule has 0 aliphatic carbocycles. The molecule has 0 aromatic heterocycles. The zero-order valence-corrected chi connectivity index (χ0v) is 18.6. The molecule has 3 rings (SSSR count). The molecule has 3 aromatic rings. The predicted molar refractivity (Wildman–Crippen MR) is 122 cm³/mol.